The van der Waals surface area contributed by atoms with Gasteiger partial charge in [0.2, 0.25) is 0 Å². The number of ether oxygens (including phenoxy) is 2. The fourth-order valence-electron chi connectivity index (χ4n) is 2.98. The topological polar surface area (TPSA) is 38.8 Å². The van der Waals surface area contributed by atoms with E-state index in [9.17, 15) is 4.79 Å². The lowest BCUT2D eigenvalue weighted by Crippen LogP contribution is -2.26. The average Bonchev–Trinajstić information content (AvgIpc) is 3.05. The Bertz CT molecular complexity index is 696. The van der Waals surface area contributed by atoms with Crippen molar-refractivity contribution in [1.82, 2.24) is 4.90 Å². The van der Waals surface area contributed by atoms with Crippen molar-refractivity contribution in [2.45, 2.75) is 12.8 Å². The molecule has 0 N–H and O–H groups in total. The lowest BCUT2D eigenvalue weighted by molar-refractivity contribution is 0.0945. The van der Waals surface area contributed by atoms with E-state index in [-0.39, 0.29) is 18.2 Å². The Labute approximate surface area is 142 Å². The number of carbonyl (C=O) groups excluding carboxylic acids is 1. The van der Waals surface area contributed by atoms with Crippen molar-refractivity contribution >= 4 is 29.0 Å². The molecule has 0 unspecified atom stereocenters. The first-order valence-electron chi connectivity index (χ1n) is 7.62. The molecule has 4 nitrogen and oxygen atoms in total. The number of rotatable bonds is 5. The SMILES string of the molecule is COc1cc2ccc(C(=O)CN3CCCC3)cc2cc1OC.Cl. The molecular weight excluding hydrogens is 314 g/mol. The fraction of sp³-hybridized carbons (Fsp3) is 0.389. The second kappa shape index (κ2) is 7.66. The number of hydrogen-bond donors (Lipinski definition) is 0. The van der Waals surface area contributed by atoms with E-state index in [0.717, 1.165) is 29.4 Å². The van der Waals surface area contributed by atoms with Crippen molar-refractivity contribution in [1.29, 1.82) is 0 Å². The predicted octanol–water partition coefficient (Wildman–Crippen LogP) is 3.56. The van der Waals surface area contributed by atoms with Crippen LogP contribution in [0.15, 0.2) is 30.3 Å². The summed E-state index contributed by atoms with van der Waals surface area (Å²) in [6, 6.07) is 9.65. The second-order valence-electron chi connectivity index (χ2n) is 5.68. The first-order chi connectivity index (χ1) is 10.7. The van der Waals surface area contributed by atoms with Crippen molar-refractivity contribution in [3.8, 4) is 11.5 Å². The zero-order chi connectivity index (χ0) is 15.5. The Morgan fingerprint density at radius 2 is 1.61 bits per heavy atom. The first kappa shape index (κ1) is 17.6. The third-order valence-corrected chi connectivity index (χ3v) is 4.23. The van der Waals surface area contributed by atoms with Gasteiger partial charge in [-0.3, -0.25) is 9.69 Å². The third kappa shape index (κ3) is 3.77. The highest BCUT2D eigenvalue weighted by molar-refractivity contribution is 6.01. The van der Waals surface area contributed by atoms with Gasteiger partial charge in [0.25, 0.3) is 0 Å². The number of halogens is 1. The van der Waals surface area contributed by atoms with E-state index in [2.05, 4.69) is 4.90 Å². The van der Waals surface area contributed by atoms with Gasteiger partial charge in [-0.2, -0.15) is 0 Å². The van der Waals surface area contributed by atoms with Gasteiger partial charge >= 0.3 is 0 Å². The molecule has 2 aromatic carbocycles. The second-order valence-corrected chi connectivity index (χ2v) is 5.68. The number of fused-ring (bicyclic) bond motifs is 1. The van der Waals surface area contributed by atoms with E-state index in [0.29, 0.717) is 18.0 Å². The van der Waals surface area contributed by atoms with Crippen molar-refractivity contribution in [2.75, 3.05) is 33.9 Å². The maximum atomic E-state index is 12.4. The number of nitrogens with zero attached hydrogens (tertiary/aromatic N) is 1. The lowest BCUT2D eigenvalue weighted by Gasteiger charge is -2.14. The number of ketones is 1. The summed E-state index contributed by atoms with van der Waals surface area (Å²) in [5.74, 6) is 1.56. The molecule has 1 saturated heterocycles. The van der Waals surface area contributed by atoms with Crippen LogP contribution in [0.25, 0.3) is 10.8 Å². The predicted molar refractivity (Wildman–Crippen MR) is 94.3 cm³/mol. The van der Waals surface area contributed by atoms with E-state index in [1.165, 1.54) is 12.8 Å². The van der Waals surface area contributed by atoms with Crippen molar-refractivity contribution < 1.29 is 14.3 Å². The monoisotopic (exact) mass is 335 g/mol. The number of likely N-dealkylation sites (tertiary alicyclic amines) is 1. The zero-order valence-electron chi connectivity index (χ0n) is 13.5. The highest BCUT2D eigenvalue weighted by atomic mass is 35.5. The van der Waals surface area contributed by atoms with Crippen LogP contribution in [-0.4, -0.2) is 44.5 Å². The molecule has 0 aromatic heterocycles. The molecule has 2 aromatic rings. The van der Waals surface area contributed by atoms with Crippen LogP contribution in [-0.2, 0) is 0 Å². The Hall–Kier alpha value is -1.78. The number of methoxy groups -OCH3 is 2. The molecule has 5 heteroatoms. The molecule has 0 radical (unpaired) electrons. The maximum absolute atomic E-state index is 12.4. The van der Waals surface area contributed by atoms with Gasteiger partial charge < -0.3 is 9.47 Å². The Morgan fingerprint density at radius 3 is 2.22 bits per heavy atom. The van der Waals surface area contributed by atoms with Gasteiger partial charge in [-0.15, -0.1) is 12.4 Å². The highest BCUT2D eigenvalue weighted by Gasteiger charge is 2.16. The maximum Gasteiger partial charge on any atom is 0.176 e. The molecule has 1 heterocycles. The summed E-state index contributed by atoms with van der Waals surface area (Å²) < 4.78 is 10.6. The first-order valence-corrected chi connectivity index (χ1v) is 7.62. The molecule has 0 aliphatic carbocycles. The van der Waals surface area contributed by atoms with Crippen LogP contribution < -0.4 is 9.47 Å². The molecule has 1 fully saturated rings. The summed E-state index contributed by atoms with van der Waals surface area (Å²) in [5.41, 5.74) is 0.756. The average molecular weight is 336 g/mol. The van der Waals surface area contributed by atoms with Gasteiger partial charge in [0.15, 0.2) is 17.3 Å². The molecule has 1 aliphatic rings. The number of hydrogen-bond acceptors (Lipinski definition) is 4. The minimum absolute atomic E-state index is 0. The van der Waals surface area contributed by atoms with Gasteiger partial charge in [-0.1, -0.05) is 12.1 Å². The minimum Gasteiger partial charge on any atom is -0.493 e. The summed E-state index contributed by atoms with van der Waals surface area (Å²) in [6.07, 6.45) is 2.39. The summed E-state index contributed by atoms with van der Waals surface area (Å²) in [7, 11) is 3.24. The van der Waals surface area contributed by atoms with Crippen molar-refractivity contribution in [3.63, 3.8) is 0 Å². The van der Waals surface area contributed by atoms with E-state index < -0.39 is 0 Å². The lowest BCUT2D eigenvalue weighted by atomic mass is 10.0. The van der Waals surface area contributed by atoms with Crippen molar-refractivity contribution in [3.05, 3.63) is 35.9 Å². The van der Waals surface area contributed by atoms with Crippen LogP contribution in [0.3, 0.4) is 0 Å². The summed E-state index contributed by atoms with van der Waals surface area (Å²) in [6.45, 7) is 2.58. The van der Waals surface area contributed by atoms with Gasteiger partial charge in [0.05, 0.1) is 20.8 Å². The standard InChI is InChI=1S/C18H21NO3.ClH/c1-21-17-10-13-5-6-14(9-15(13)11-18(17)22-2)16(20)12-19-7-3-4-8-19;/h5-6,9-11H,3-4,7-8,12H2,1-2H3;1H. The quantitative estimate of drug-likeness (QED) is 0.783. The molecule has 124 valence electrons. The molecule has 0 spiro atoms. The van der Waals surface area contributed by atoms with Gasteiger partial charge in [0, 0.05) is 5.56 Å². The Kier molecular flexibility index (Phi) is 5.85. The molecule has 0 bridgehead atoms. The largest absolute Gasteiger partial charge is 0.493 e. The smallest absolute Gasteiger partial charge is 0.176 e. The number of Topliss-reactive ketones (excluding diaryl/α,β-unsaturated/α-hetero) is 1. The molecule has 3 rings (SSSR count). The van der Waals surface area contributed by atoms with E-state index >= 15 is 0 Å². The zero-order valence-corrected chi connectivity index (χ0v) is 14.3. The third-order valence-electron chi connectivity index (χ3n) is 4.23. The Balaban J connectivity index is 0.00000192. The molecule has 0 saturated carbocycles. The minimum atomic E-state index is 0. The molecule has 0 amide bonds. The van der Waals surface area contributed by atoms with E-state index in [1.54, 1.807) is 14.2 Å². The van der Waals surface area contributed by atoms with E-state index in [1.807, 2.05) is 30.3 Å². The highest BCUT2D eigenvalue weighted by Crippen LogP contribution is 2.32. The van der Waals surface area contributed by atoms with Crippen LogP contribution in [0.2, 0.25) is 0 Å². The van der Waals surface area contributed by atoms with Crippen LogP contribution in [0.4, 0.5) is 0 Å². The number of benzene rings is 2. The number of carbonyl (C=O) groups is 1. The van der Waals surface area contributed by atoms with Crippen molar-refractivity contribution in [2.24, 2.45) is 0 Å². The van der Waals surface area contributed by atoms with E-state index in [4.69, 9.17) is 9.47 Å². The molecule has 1 aliphatic heterocycles. The normalized spacial score (nSPS) is 14.5. The molecule has 23 heavy (non-hydrogen) atoms. The Morgan fingerprint density at radius 1 is 1.00 bits per heavy atom. The fourth-order valence-corrected chi connectivity index (χ4v) is 2.98. The van der Waals surface area contributed by atoms with Gasteiger partial charge in [0.1, 0.15) is 0 Å². The van der Waals surface area contributed by atoms with Crippen LogP contribution >= 0.6 is 12.4 Å². The molecular formula is C18H22ClNO3. The van der Waals surface area contributed by atoms with Crippen LogP contribution in [0, 0.1) is 0 Å². The van der Waals surface area contributed by atoms with Crippen LogP contribution in [0.1, 0.15) is 23.2 Å². The van der Waals surface area contributed by atoms with Crippen LogP contribution in [0.5, 0.6) is 11.5 Å². The van der Waals surface area contributed by atoms with Gasteiger partial charge in [-0.05, 0) is 54.9 Å². The summed E-state index contributed by atoms with van der Waals surface area (Å²) in [5, 5.41) is 2.03. The summed E-state index contributed by atoms with van der Waals surface area (Å²) in [4.78, 5) is 14.6. The van der Waals surface area contributed by atoms with Gasteiger partial charge in [-0.25, -0.2) is 0 Å². The summed E-state index contributed by atoms with van der Waals surface area (Å²) >= 11 is 0. The molecule has 0 atom stereocenters.